The zero-order valence-electron chi connectivity index (χ0n) is 14.2. The van der Waals surface area contributed by atoms with Crippen LogP contribution in [0.3, 0.4) is 0 Å². The predicted octanol–water partition coefficient (Wildman–Crippen LogP) is 2.57. The molecule has 3 aliphatic heterocycles. The van der Waals surface area contributed by atoms with Crippen molar-refractivity contribution < 1.29 is 0 Å². The average molecular weight is 293 g/mol. The maximum atomic E-state index is 3.67. The van der Waals surface area contributed by atoms with Crippen LogP contribution in [0.15, 0.2) is 0 Å². The molecule has 0 bridgehead atoms. The van der Waals surface area contributed by atoms with Crippen LogP contribution in [0.2, 0.25) is 0 Å². The van der Waals surface area contributed by atoms with Gasteiger partial charge in [0.1, 0.15) is 0 Å². The summed E-state index contributed by atoms with van der Waals surface area (Å²) < 4.78 is 0. The van der Waals surface area contributed by atoms with Crippen molar-refractivity contribution in [2.75, 3.05) is 39.3 Å². The van der Waals surface area contributed by atoms with Crippen molar-refractivity contribution in [2.45, 2.75) is 64.5 Å². The second-order valence-electron chi connectivity index (χ2n) is 7.90. The van der Waals surface area contributed by atoms with E-state index in [1.165, 1.54) is 77.8 Å². The number of nitrogens with one attached hydrogen (secondary N) is 1. The fourth-order valence-corrected chi connectivity index (χ4v) is 4.79. The summed E-state index contributed by atoms with van der Waals surface area (Å²) in [6, 6.07) is 1.60. The molecule has 0 aromatic carbocycles. The van der Waals surface area contributed by atoms with Crippen LogP contribution in [0, 0.1) is 11.8 Å². The van der Waals surface area contributed by atoms with Crippen molar-refractivity contribution in [2.24, 2.45) is 11.8 Å². The standard InChI is InChI=1S/C18H35N3/c1-15-6-5-11-21(13-15)18-12-19-9-8-17(18)14-20-10-4-3-7-16(20)2/h15-19H,3-14H2,1-2H3. The third-order valence-electron chi connectivity index (χ3n) is 6.16. The number of nitrogens with zero attached hydrogens (tertiary/aromatic N) is 2. The predicted molar refractivity (Wildman–Crippen MR) is 89.6 cm³/mol. The molecule has 3 fully saturated rings. The summed E-state index contributed by atoms with van der Waals surface area (Å²) in [5.74, 6) is 1.78. The Morgan fingerprint density at radius 2 is 1.90 bits per heavy atom. The number of piperidine rings is 3. The molecule has 3 nitrogen and oxygen atoms in total. The highest BCUT2D eigenvalue weighted by molar-refractivity contribution is 4.90. The quantitative estimate of drug-likeness (QED) is 0.863. The Bertz CT molecular complexity index is 320. The lowest BCUT2D eigenvalue weighted by Crippen LogP contribution is -2.57. The number of hydrogen-bond donors (Lipinski definition) is 1. The van der Waals surface area contributed by atoms with Gasteiger partial charge < -0.3 is 10.2 Å². The molecule has 0 saturated carbocycles. The summed E-state index contributed by atoms with van der Waals surface area (Å²) in [4.78, 5) is 5.61. The molecule has 3 rings (SSSR count). The van der Waals surface area contributed by atoms with Gasteiger partial charge in [0.15, 0.2) is 0 Å². The normalized spacial score (nSPS) is 40.3. The smallest absolute Gasteiger partial charge is 0.0261 e. The Morgan fingerprint density at radius 1 is 1.00 bits per heavy atom. The van der Waals surface area contributed by atoms with Gasteiger partial charge in [0.2, 0.25) is 0 Å². The van der Waals surface area contributed by atoms with Crippen LogP contribution in [-0.4, -0.2) is 61.2 Å². The Balaban J connectivity index is 1.60. The van der Waals surface area contributed by atoms with Gasteiger partial charge in [-0.1, -0.05) is 13.3 Å². The first-order valence-electron chi connectivity index (χ1n) is 9.43. The first-order chi connectivity index (χ1) is 10.2. The van der Waals surface area contributed by atoms with Crippen LogP contribution < -0.4 is 5.32 Å². The second kappa shape index (κ2) is 7.43. The van der Waals surface area contributed by atoms with Crippen LogP contribution in [0.1, 0.15) is 52.4 Å². The van der Waals surface area contributed by atoms with Crippen molar-refractivity contribution in [3.05, 3.63) is 0 Å². The van der Waals surface area contributed by atoms with Gasteiger partial charge in [0, 0.05) is 31.7 Å². The monoisotopic (exact) mass is 293 g/mol. The molecule has 4 atom stereocenters. The van der Waals surface area contributed by atoms with Crippen molar-refractivity contribution in [1.29, 1.82) is 0 Å². The molecule has 0 aromatic heterocycles. The molecule has 3 saturated heterocycles. The fraction of sp³-hybridized carbons (Fsp3) is 1.00. The minimum absolute atomic E-state index is 0.788. The third kappa shape index (κ3) is 4.00. The Hall–Kier alpha value is -0.120. The van der Waals surface area contributed by atoms with E-state index in [-0.39, 0.29) is 0 Å². The van der Waals surface area contributed by atoms with Crippen molar-refractivity contribution in [1.82, 2.24) is 15.1 Å². The molecule has 3 heterocycles. The topological polar surface area (TPSA) is 18.5 Å². The van der Waals surface area contributed by atoms with Crippen LogP contribution >= 0.6 is 0 Å². The van der Waals surface area contributed by atoms with Gasteiger partial charge in [0.25, 0.3) is 0 Å². The van der Waals surface area contributed by atoms with Gasteiger partial charge in [-0.25, -0.2) is 0 Å². The highest BCUT2D eigenvalue weighted by Crippen LogP contribution is 2.27. The SMILES string of the molecule is CC1CCCN(C2CNCCC2CN2CCCCC2C)C1. The van der Waals surface area contributed by atoms with Crippen LogP contribution in [-0.2, 0) is 0 Å². The molecule has 4 unspecified atom stereocenters. The number of hydrogen-bond acceptors (Lipinski definition) is 3. The first kappa shape index (κ1) is 15.8. The molecule has 21 heavy (non-hydrogen) atoms. The second-order valence-corrected chi connectivity index (χ2v) is 7.90. The van der Waals surface area contributed by atoms with E-state index in [4.69, 9.17) is 0 Å². The van der Waals surface area contributed by atoms with Gasteiger partial charge in [-0.15, -0.1) is 0 Å². The summed E-state index contributed by atoms with van der Waals surface area (Å²) in [5.41, 5.74) is 0. The highest BCUT2D eigenvalue weighted by atomic mass is 15.2. The molecule has 0 aromatic rings. The molecule has 122 valence electrons. The summed E-state index contributed by atoms with van der Waals surface area (Å²) in [7, 11) is 0. The van der Waals surface area contributed by atoms with Gasteiger partial charge in [-0.05, 0) is 70.5 Å². The Morgan fingerprint density at radius 3 is 2.71 bits per heavy atom. The van der Waals surface area contributed by atoms with Crippen LogP contribution in [0.25, 0.3) is 0 Å². The van der Waals surface area contributed by atoms with E-state index in [1.807, 2.05) is 0 Å². The minimum atomic E-state index is 0.788. The van der Waals surface area contributed by atoms with E-state index in [0.717, 1.165) is 23.9 Å². The van der Waals surface area contributed by atoms with E-state index in [1.54, 1.807) is 0 Å². The van der Waals surface area contributed by atoms with Crippen molar-refractivity contribution in [3.8, 4) is 0 Å². The molecule has 0 spiro atoms. The largest absolute Gasteiger partial charge is 0.315 e. The molecular formula is C18H35N3. The van der Waals surface area contributed by atoms with E-state index in [0.29, 0.717) is 0 Å². The van der Waals surface area contributed by atoms with Crippen molar-refractivity contribution >= 4 is 0 Å². The summed E-state index contributed by atoms with van der Waals surface area (Å²) >= 11 is 0. The maximum absolute atomic E-state index is 3.67. The van der Waals surface area contributed by atoms with E-state index in [9.17, 15) is 0 Å². The minimum Gasteiger partial charge on any atom is -0.315 e. The Labute approximate surface area is 131 Å². The van der Waals surface area contributed by atoms with Gasteiger partial charge in [-0.3, -0.25) is 4.90 Å². The summed E-state index contributed by atoms with van der Waals surface area (Å²) in [6.07, 6.45) is 8.49. The Kier molecular flexibility index (Phi) is 5.58. The lowest BCUT2D eigenvalue weighted by Gasteiger charge is -2.46. The van der Waals surface area contributed by atoms with E-state index in [2.05, 4.69) is 29.0 Å². The molecule has 1 N–H and O–H groups in total. The lowest BCUT2D eigenvalue weighted by molar-refractivity contribution is 0.0417. The highest BCUT2D eigenvalue weighted by Gasteiger charge is 2.34. The first-order valence-corrected chi connectivity index (χ1v) is 9.43. The lowest BCUT2D eigenvalue weighted by atomic mass is 9.87. The zero-order chi connectivity index (χ0) is 14.7. The molecular weight excluding hydrogens is 258 g/mol. The van der Waals surface area contributed by atoms with E-state index >= 15 is 0 Å². The fourth-order valence-electron chi connectivity index (χ4n) is 4.79. The number of rotatable bonds is 3. The third-order valence-corrected chi connectivity index (χ3v) is 6.16. The summed E-state index contributed by atoms with van der Waals surface area (Å²) in [6.45, 7) is 12.7. The van der Waals surface area contributed by atoms with Gasteiger partial charge in [-0.2, -0.15) is 0 Å². The molecule has 0 aliphatic carbocycles. The summed E-state index contributed by atoms with van der Waals surface area (Å²) in [5, 5.41) is 3.67. The molecule has 0 radical (unpaired) electrons. The molecule has 3 heteroatoms. The van der Waals surface area contributed by atoms with Gasteiger partial charge in [0.05, 0.1) is 0 Å². The van der Waals surface area contributed by atoms with Crippen LogP contribution in [0.4, 0.5) is 0 Å². The molecule has 0 amide bonds. The van der Waals surface area contributed by atoms with Gasteiger partial charge >= 0.3 is 0 Å². The average Bonchev–Trinajstić information content (AvgIpc) is 2.50. The van der Waals surface area contributed by atoms with Crippen LogP contribution in [0.5, 0.6) is 0 Å². The van der Waals surface area contributed by atoms with Crippen molar-refractivity contribution in [3.63, 3.8) is 0 Å². The number of likely N-dealkylation sites (tertiary alicyclic amines) is 2. The van der Waals surface area contributed by atoms with E-state index < -0.39 is 0 Å². The maximum Gasteiger partial charge on any atom is 0.0261 e. The zero-order valence-corrected chi connectivity index (χ0v) is 14.2. The molecule has 3 aliphatic rings.